The number of rotatable bonds is 10. The molecule has 35 heavy (non-hydrogen) atoms. The molecule has 3 aromatic carbocycles. The maximum atomic E-state index is 12.5. The maximum Gasteiger partial charge on any atom is 0.339 e. The third-order valence-electron chi connectivity index (χ3n) is 6.61. The van der Waals surface area contributed by atoms with Crippen molar-refractivity contribution in [2.45, 2.75) is 44.4 Å². The summed E-state index contributed by atoms with van der Waals surface area (Å²) in [5.41, 5.74) is 2.04. The number of hydrogen-bond donors (Lipinski definition) is 2. The summed E-state index contributed by atoms with van der Waals surface area (Å²) < 4.78 is 30.8. The van der Waals surface area contributed by atoms with Crippen molar-refractivity contribution < 1.29 is 28.2 Å². The minimum Gasteiger partial charge on any atom is -0.507 e. The summed E-state index contributed by atoms with van der Waals surface area (Å²) in [5, 5.41) is 19.3. The van der Waals surface area contributed by atoms with Crippen molar-refractivity contribution in [3.8, 4) is 11.5 Å². The predicted molar refractivity (Wildman–Crippen MR) is 136 cm³/mol. The van der Waals surface area contributed by atoms with E-state index in [1.54, 1.807) is 24.3 Å². The normalized spacial score (nSPS) is 13.4. The Morgan fingerprint density at radius 2 is 1.66 bits per heavy atom. The minimum absolute atomic E-state index is 0.00667. The number of phenols is 1. The van der Waals surface area contributed by atoms with Crippen molar-refractivity contribution in [3.63, 3.8) is 0 Å². The van der Waals surface area contributed by atoms with E-state index in [0.29, 0.717) is 17.1 Å². The Morgan fingerprint density at radius 1 is 1.00 bits per heavy atom. The van der Waals surface area contributed by atoms with E-state index in [0.717, 1.165) is 16.7 Å². The van der Waals surface area contributed by atoms with Crippen LogP contribution in [0.25, 0.3) is 0 Å². The third kappa shape index (κ3) is 5.85. The van der Waals surface area contributed by atoms with E-state index in [1.807, 2.05) is 44.2 Å². The molecular formula is C28H32O6S. The molecule has 1 atom stereocenters. The van der Waals surface area contributed by atoms with Crippen LogP contribution in [0.1, 0.15) is 54.2 Å². The Hall–Kier alpha value is -3.32. The van der Waals surface area contributed by atoms with Crippen molar-refractivity contribution in [2.24, 2.45) is 5.92 Å². The van der Waals surface area contributed by atoms with Gasteiger partial charge in [0.25, 0.3) is 0 Å². The number of aryl methyl sites for hydroxylation is 1. The van der Waals surface area contributed by atoms with Gasteiger partial charge in [-0.25, -0.2) is 13.2 Å². The van der Waals surface area contributed by atoms with Gasteiger partial charge in [-0.15, -0.1) is 0 Å². The average molecular weight is 497 g/mol. The van der Waals surface area contributed by atoms with Crippen LogP contribution in [0.4, 0.5) is 0 Å². The topological polar surface area (TPSA) is 101 Å². The van der Waals surface area contributed by atoms with Gasteiger partial charge < -0.3 is 14.9 Å². The van der Waals surface area contributed by atoms with Crippen molar-refractivity contribution >= 4 is 15.8 Å². The van der Waals surface area contributed by atoms with Crippen LogP contribution in [0.5, 0.6) is 11.5 Å². The number of hydrogen-bond acceptors (Lipinski definition) is 5. The highest BCUT2D eigenvalue weighted by Crippen LogP contribution is 2.40. The Morgan fingerprint density at radius 3 is 2.26 bits per heavy atom. The van der Waals surface area contributed by atoms with Gasteiger partial charge in [0.2, 0.25) is 0 Å². The van der Waals surface area contributed by atoms with Crippen molar-refractivity contribution in [1.29, 1.82) is 0 Å². The standard InChI is InChI=1S/C28H32O6S/c1-19(2)28(4,22-11-14-26(29)25(18-22)27(30)31)21-9-12-23(13-10-21)34-15-6-16-35(32,33)24-8-5-7-20(3)17-24/h5,7-14,17-19,29H,6,15-16H2,1-4H3,(H,30,31). The molecule has 1 unspecified atom stereocenters. The minimum atomic E-state index is -3.36. The molecule has 0 heterocycles. The van der Waals surface area contributed by atoms with Gasteiger partial charge in [0, 0.05) is 5.41 Å². The second-order valence-corrected chi connectivity index (χ2v) is 11.4. The van der Waals surface area contributed by atoms with Crippen molar-refractivity contribution in [3.05, 3.63) is 89.0 Å². The maximum absolute atomic E-state index is 12.5. The zero-order valence-electron chi connectivity index (χ0n) is 20.5. The lowest BCUT2D eigenvalue weighted by molar-refractivity contribution is 0.0693. The van der Waals surface area contributed by atoms with Gasteiger partial charge in [0.1, 0.15) is 17.1 Å². The summed E-state index contributed by atoms with van der Waals surface area (Å²) in [6, 6.07) is 19.1. The molecule has 0 spiro atoms. The third-order valence-corrected chi connectivity index (χ3v) is 8.41. The van der Waals surface area contributed by atoms with E-state index in [4.69, 9.17) is 4.74 Å². The second kappa shape index (κ2) is 10.5. The van der Waals surface area contributed by atoms with Crippen LogP contribution in [-0.2, 0) is 15.3 Å². The highest BCUT2D eigenvalue weighted by molar-refractivity contribution is 7.91. The first-order chi connectivity index (χ1) is 16.4. The Bertz CT molecular complexity index is 1300. The lowest BCUT2D eigenvalue weighted by atomic mass is 9.68. The van der Waals surface area contributed by atoms with Gasteiger partial charge in [-0.1, -0.05) is 51.1 Å². The summed E-state index contributed by atoms with van der Waals surface area (Å²) in [6.45, 7) is 8.30. The summed E-state index contributed by atoms with van der Waals surface area (Å²) in [4.78, 5) is 11.8. The Kier molecular flexibility index (Phi) is 7.90. The van der Waals surface area contributed by atoms with E-state index in [9.17, 15) is 23.4 Å². The first-order valence-electron chi connectivity index (χ1n) is 11.5. The molecule has 186 valence electrons. The molecule has 0 bridgehead atoms. The number of carboxylic acid groups (broad SMARTS) is 1. The number of carboxylic acids is 1. The molecule has 6 nitrogen and oxygen atoms in total. The van der Waals surface area contributed by atoms with E-state index in [1.165, 1.54) is 12.1 Å². The number of aromatic carboxylic acids is 1. The molecule has 0 fully saturated rings. The highest BCUT2D eigenvalue weighted by Gasteiger charge is 2.33. The van der Waals surface area contributed by atoms with Gasteiger partial charge in [-0.2, -0.15) is 0 Å². The number of benzene rings is 3. The Labute approximate surface area is 207 Å². The molecule has 7 heteroatoms. The van der Waals surface area contributed by atoms with Crippen molar-refractivity contribution in [2.75, 3.05) is 12.4 Å². The molecule has 0 amide bonds. The summed E-state index contributed by atoms with van der Waals surface area (Å²) >= 11 is 0. The fourth-order valence-corrected chi connectivity index (χ4v) is 5.51. The van der Waals surface area contributed by atoms with Gasteiger partial charge in [0.05, 0.1) is 17.3 Å². The van der Waals surface area contributed by atoms with Crippen LogP contribution in [-0.4, -0.2) is 37.0 Å². The molecule has 3 aromatic rings. The van der Waals surface area contributed by atoms with Crippen LogP contribution >= 0.6 is 0 Å². The van der Waals surface area contributed by atoms with E-state index >= 15 is 0 Å². The zero-order valence-corrected chi connectivity index (χ0v) is 21.3. The summed E-state index contributed by atoms with van der Waals surface area (Å²) in [6.07, 6.45) is 0.368. The summed E-state index contributed by atoms with van der Waals surface area (Å²) in [5.74, 6) is -0.673. The first-order valence-corrected chi connectivity index (χ1v) is 13.2. The van der Waals surface area contributed by atoms with Gasteiger partial charge in [-0.3, -0.25) is 0 Å². The van der Waals surface area contributed by atoms with Crippen LogP contribution in [0.15, 0.2) is 71.6 Å². The van der Waals surface area contributed by atoms with Crippen LogP contribution in [0.2, 0.25) is 0 Å². The molecule has 0 aliphatic rings. The lowest BCUT2D eigenvalue weighted by Crippen LogP contribution is -2.30. The number of carbonyl (C=O) groups is 1. The van der Waals surface area contributed by atoms with E-state index < -0.39 is 21.2 Å². The Balaban J connectivity index is 1.70. The first kappa shape index (κ1) is 26.3. The van der Waals surface area contributed by atoms with Gasteiger partial charge >= 0.3 is 5.97 Å². The largest absolute Gasteiger partial charge is 0.507 e. The molecule has 0 saturated heterocycles. The highest BCUT2D eigenvalue weighted by atomic mass is 32.2. The smallest absolute Gasteiger partial charge is 0.339 e. The molecule has 0 aliphatic heterocycles. The van der Waals surface area contributed by atoms with Crippen LogP contribution in [0, 0.1) is 12.8 Å². The second-order valence-electron chi connectivity index (χ2n) is 9.26. The fourth-order valence-electron chi connectivity index (χ4n) is 4.13. The number of sulfone groups is 1. The number of aromatic hydroxyl groups is 1. The molecule has 2 N–H and O–H groups in total. The van der Waals surface area contributed by atoms with Crippen LogP contribution in [0.3, 0.4) is 0 Å². The summed E-state index contributed by atoms with van der Waals surface area (Å²) in [7, 11) is -3.36. The van der Waals surface area contributed by atoms with Crippen molar-refractivity contribution in [1.82, 2.24) is 0 Å². The number of ether oxygens (including phenoxy) is 1. The SMILES string of the molecule is Cc1cccc(S(=O)(=O)CCCOc2ccc(C(C)(c3ccc(O)c(C(=O)O)c3)C(C)C)cc2)c1. The molecule has 3 rings (SSSR count). The lowest BCUT2D eigenvalue weighted by Gasteiger charge is -2.35. The molecule has 0 saturated carbocycles. The quantitative estimate of drug-likeness (QED) is 0.354. The van der Waals surface area contributed by atoms with Crippen LogP contribution < -0.4 is 4.74 Å². The fraction of sp³-hybridized carbons (Fsp3) is 0.321. The molecular weight excluding hydrogens is 464 g/mol. The molecule has 0 radical (unpaired) electrons. The van der Waals surface area contributed by atoms with Gasteiger partial charge in [0.15, 0.2) is 9.84 Å². The molecule has 0 aromatic heterocycles. The predicted octanol–water partition coefficient (Wildman–Crippen LogP) is 5.60. The molecule has 0 aliphatic carbocycles. The van der Waals surface area contributed by atoms with Gasteiger partial charge in [-0.05, 0) is 72.4 Å². The monoisotopic (exact) mass is 496 g/mol. The van der Waals surface area contributed by atoms with E-state index in [-0.39, 0.29) is 29.6 Å². The van der Waals surface area contributed by atoms with E-state index in [2.05, 4.69) is 13.8 Å². The zero-order chi connectivity index (χ0) is 25.8. The average Bonchev–Trinajstić information content (AvgIpc) is 2.81.